The minimum atomic E-state index is -2.66. The molecule has 1 saturated carbocycles. The molecule has 0 spiro atoms. The van der Waals surface area contributed by atoms with Crippen molar-refractivity contribution in [3.63, 3.8) is 0 Å². The highest BCUT2D eigenvalue weighted by atomic mass is 32.5. The molecule has 0 aromatic heterocycles. The molecule has 0 radical (unpaired) electrons. The maximum absolute atomic E-state index is 5.41. The maximum Gasteiger partial charge on any atom is 0.381 e. The summed E-state index contributed by atoms with van der Waals surface area (Å²) >= 11 is 5.05. The van der Waals surface area contributed by atoms with E-state index in [0.29, 0.717) is 11.8 Å². The second-order valence-corrected chi connectivity index (χ2v) is 5.94. The van der Waals surface area contributed by atoms with Gasteiger partial charge in [0.1, 0.15) is 7.11 Å². The standard InChI is InChI=1S/C7H14NO4PS/c1-9-8-7(6-4-5-6)12-13(14,10-2)11-3/h6H,4-5H2,1-3H3. The number of oxime groups is 1. The summed E-state index contributed by atoms with van der Waals surface area (Å²) in [4.78, 5) is 4.66. The maximum atomic E-state index is 5.41. The van der Waals surface area contributed by atoms with Gasteiger partial charge in [-0.1, -0.05) is 5.16 Å². The van der Waals surface area contributed by atoms with Crippen LogP contribution in [-0.2, 0) is 30.2 Å². The Kier molecular flexibility index (Phi) is 4.31. The predicted molar refractivity (Wildman–Crippen MR) is 56.6 cm³/mol. The fraction of sp³-hybridized carbons (Fsp3) is 0.857. The molecule has 1 aliphatic carbocycles. The zero-order chi connectivity index (χ0) is 10.6. The summed E-state index contributed by atoms with van der Waals surface area (Å²) in [6.45, 7) is -2.66. The molecule has 0 aromatic carbocycles. The molecular weight excluding hydrogens is 225 g/mol. The SMILES string of the molecule is CON=C(OP(=S)(OC)OC)C1CC1. The molecule has 0 amide bonds. The first-order valence-electron chi connectivity index (χ1n) is 4.17. The first kappa shape index (κ1) is 11.9. The summed E-state index contributed by atoms with van der Waals surface area (Å²) in [7, 11) is 4.39. The summed E-state index contributed by atoms with van der Waals surface area (Å²) in [6.07, 6.45) is 2.09. The second-order valence-electron chi connectivity index (χ2n) is 2.79. The quantitative estimate of drug-likeness (QED) is 0.317. The van der Waals surface area contributed by atoms with Crippen molar-refractivity contribution in [2.45, 2.75) is 12.8 Å². The molecule has 1 aliphatic rings. The Morgan fingerprint density at radius 3 is 2.21 bits per heavy atom. The lowest BCUT2D eigenvalue weighted by Gasteiger charge is -2.18. The minimum Gasteiger partial charge on any atom is -0.406 e. The van der Waals surface area contributed by atoms with E-state index in [1.165, 1.54) is 21.3 Å². The van der Waals surface area contributed by atoms with Gasteiger partial charge in [-0.25, -0.2) is 0 Å². The van der Waals surface area contributed by atoms with Crippen molar-refractivity contribution in [3.8, 4) is 0 Å². The molecule has 0 aliphatic heterocycles. The number of hydrogen-bond donors (Lipinski definition) is 0. The van der Waals surface area contributed by atoms with Crippen LogP contribution in [0.15, 0.2) is 5.16 Å². The van der Waals surface area contributed by atoms with Gasteiger partial charge in [-0.15, -0.1) is 0 Å². The Labute approximate surface area is 88.6 Å². The molecule has 5 nitrogen and oxygen atoms in total. The molecule has 0 bridgehead atoms. The van der Waals surface area contributed by atoms with E-state index < -0.39 is 6.72 Å². The molecule has 0 unspecified atom stereocenters. The van der Waals surface area contributed by atoms with Crippen LogP contribution in [0.25, 0.3) is 0 Å². The molecule has 1 rings (SSSR count). The van der Waals surface area contributed by atoms with Crippen LogP contribution in [0.5, 0.6) is 0 Å². The molecule has 14 heavy (non-hydrogen) atoms. The lowest BCUT2D eigenvalue weighted by atomic mass is 10.4. The van der Waals surface area contributed by atoms with E-state index in [1.54, 1.807) is 0 Å². The fourth-order valence-corrected chi connectivity index (χ4v) is 1.79. The Hall–Kier alpha value is -0.160. The van der Waals surface area contributed by atoms with Gasteiger partial charge < -0.3 is 18.4 Å². The van der Waals surface area contributed by atoms with Crippen LogP contribution in [0.1, 0.15) is 12.8 Å². The highest BCUT2D eigenvalue weighted by Crippen LogP contribution is 2.50. The Bertz CT molecular complexity index is 258. The summed E-state index contributed by atoms with van der Waals surface area (Å²) < 4.78 is 15.4. The van der Waals surface area contributed by atoms with Crippen molar-refractivity contribution in [1.82, 2.24) is 0 Å². The first-order valence-corrected chi connectivity index (χ1v) is 6.73. The van der Waals surface area contributed by atoms with Crippen molar-refractivity contribution < 1.29 is 18.4 Å². The van der Waals surface area contributed by atoms with Crippen LogP contribution in [-0.4, -0.2) is 27.2 Å². The van der Waals surface area contributed by atoms with Gasteiger partial charge in [-0.2, -0.15) is 0 Å². The third kappa shape index (κ3) is 3.20. The van der Waals surface area contributed by atoms with E-state index in [1.807, 2.05) is 0 Å². The van der Waals surface area contributed by atoms with Crippen LogP contribution in [0.4, 0.5) is 0 Å². The summed E-state index contributed by atoms with van der Waals surface area (Å²) in [5.41, 5.74) is 0. The van der Waals surface area contributed by atoms with Crippen molar-refractivity contribution in [3.05, 3.63) is 0 Å². The van der Waals surface area contributed by atoms with Gasteiger partial charge in [0.15, 0.2) is 0 Å². The molecular formula is C7H14NO4PS. The van der Waals surface area contributed by atoms with E-state index in [4.69, 9.17) is 25.4 Å². The summed E-state index contributed by atoms with van der Waals surface area (Å²) in [5, 5.41) is 3.76. The fourth-order valence-electron chi connectivity index (χ4n) is 0.850. The van der Waals surface area contributed by atoms with Crippen LogP contribution >= 0.6 is 6.72 Å². The Morgan fingerprint density at radius 2 is 1.86 bits per heavy atom. The van der Waals surface area contributed by atoms with Gasteiger partial charge in [0, 0.05) is 31.9 Å². The van der Waals surface area contributed by atoms with Crippen LogP contribution in [0, 0.1) is 5.92 Å². The third-order valence-corrected chi connectivity index (χ3v) is 4.18. The Balaban J connectivity index is 2.62. The highest BCUT2D eigenvalue weighted by molar-refractivity contribution is 8.07. The molecule has 0 atom stereocenters. The zero-order valence-corrected chi connectivity index (χ0v) is 10.1. The monoisotopic (exact) mass is 239 g/mol. The van der Waals surface area contributed by atoms with Gasteiger partial charge in [0.2, 0.25) is 5.90 Å². The smallest absolute Gasteiger partial charge is 0.381 e. The first-order chi connectivity index (χ1) is 6.65. The number of rotatable bonds is 5. The molecule has 0 N–H and O–H groups in total. The molecule has 0 saturated heterocycles. The highest BCUT2D eigenvalue weighted by Gasteiger charge is 2.34. The van der Waals surface area contributed by atoms with Crippen molar-refractivity contribution in [2.24, 2.45) is 11.1 Å². The zero-order valence-electron chi connectivity index (χ0n) is 8.43. The number of hydrogen-bond acceptors (Lipinski definition) is 6. The Morgan fingerprint density at radius 1 is 1.29 bits per heavy atom. The van der Waals surface area contributed by atoms with E-state index in [2.05, 4.69) is 9.99 Å². The average molecular weight is 239 g/mol. The topological polar surface area (TPSA) is 49.3 Å². The van der Waals surface area contributed by atoms with Gasteiger partial charge in [-0.05, 0) is 12.8 Å². The molecule has 0 heterocycles. The third-order valence-electron chi connectivity index (χ3n) is 1.76. The molecule has 0 aromatic rings. The predicted octanol–water partition coefficient (Wildman–Crippen LogP) is 1.89. The van der Waals surface area contributed by atoms with Crippen molar-refractivity contribution in [1.29, 1.82) is 0 Å². The van der Waals surface area contributed by atoms with Gasteiger partial charge in [-0.3, -0.25) is 0 Å². The number of nitrogens with zero attached hydrogens (tertiary/aromatic N) is 1. The minimum absolute atomic E-state index is 0.308. The van der Waals surface area contributed by atoms with Crippen LogP contribution in [0.2, 0.25) is 0 Å². The average Bonchev–Trinajstić information content (AvgIpc) is 3.00. The van der Waals surface area contributed by atoms with E-state index in [-0.39, 0.29) is 0 Å². The molecule has 82 valence electrons. The largest absolute Gasteiger partial charge is 0.406 e. The van der Waals surface area contributed by atoms with Crippen molar-refractivity contribution in [2.75, 3.05) is 21.3 Å². The molecule has 7 heteroatoms. The van der Waals surface area contributed by atoms with E-state index >= 15 is 0 Å². The summed E-state index contributed by atoms with van der Waals surface area (Å²) in [6, 6.07) is 0. The van der Waals surface area contributed by atoms with E-state index in [9.17, 15) is 0 Å². The van der Waals surface area contributed by atoms with Gasteiger partial charge in [0.25, 0.3) is 0 Å². The molecule has 1 fully saturated rings. The van der Waals surface area contributed by atoms with Crippen LogP contribution in [0.3, 0.4) is 0 Å². The van der Waals surface area contributed by atoms with E-state index in [0.717, 1.165) is 12.8 Å². The van der Waals surface area contributed by atoms with Crippen molar-refractivity contribution >= 4 is 24.4 Å². The summed E-state index contributed by atoms with van der Waals surface area (Å²) in [5.74, 6) is 0.794. The van der Waals surface area contributed by atoms with Crippen LogP contribution < -0.4 is 0 Å². The van der Waals surface area contributed by atoms with Gasteiger partial charge >= 0.3 is 6.72 Å². The normalized spacial score (nSPS) is 18.1. The lowest BCUT2D eigenvalue weighted by Crippen LogP contribution is -2.07. The van der Waals surface area contributed by atoms with Gasteiger partial charge in [0.05, 0.1) is 0 Å². The lowest BCUT2D eigenvalue weighted by molar-refractivity contribution is 0.196. The second kappa shape index (κ2) is 5.07.